The zero-order valence-corrected chi connectivity index (χ0v) is 10.3. The fourth-order valence-corrected chi connectivity index (χ4v) is 2.36. The highest BCUT2D eigenvalue weighted by molar-refractivity contribution is 7.73. The maximum Gasteiger partial charge on any atom is 0.204 e. The number of nitrogens with one attached hydrogen (secondary N) is 2. The summed E-state index contributed by atoms with van der Waals surface area (Å²) in [5, 5.41) is 11.1. The van der Waals surface area contributed by atoms with E-state index in [1.807, 2.05) is 0 Å². The number of aromatic nitrogens is 2. The van der Waals surface area contributed by atoms with Crippen molar-refractivity contribution in [3.8, 4) is 0 Å². The second-order valence-corrected chi connectivity index (χ2v) is 5.68. The van der Waals surface area contributed by atoms with Crippen molar-refractivity contribution in [3.05, 3.63) is 3.95 Å². The summed E-state index contributed by atoms with van der Waals surface area (Å²) in [6, 6.07) is 0. The third kappa shape index (κ3) is 2.99. The summed E-state index contributed by atoms with van der Waals surface area (Å²) in [4.78, 5) is 0. The molecule has 0 aliphatic heterocycles. The van der Waals surface area contributed by atoms with E-state index < -0.39 is 0 Å². The van der Waals surface area contributed by atoms with Crippen molar-refractivity contribution in [2.75, 3.05) is 25.6 Å². The molecular weight excluding hydrogens is 230 g/mol. The van der Waals surface area contributed by atoms with Crippen LogP contribution in [-0.2, 0) is 4.74 Å². The Hall–Kier alpha value is -0.460. The molecule has 0 bridgehead atoms. The quantitative estimate of drug-likeness (QED) is 0.756. The van der Waals surface area contributed by atoms with Crippen LogP contribution in [-0.4, -0.2) is 30.5 Å². The predicted molar refractivity (Wildman–Crippen MR) is 63.9 cm³/mol. The van der Waals surface area contributed by atoms with Crippen molar-refractivity contribution < 1.29 is 4.74 Å². The lowest BCUT2D eigenvalue weighted by atomic mass is 10.0. The number of aromatic amines is 1. The van der Waals surface area contributed by atoms with E-state index in [1.165, 1.54) is 24.2 Å². The molecule has 0 aromatic carbocycles. The van der Waals surface area contributed by atoms with Gasteiger partial charge in [0, 0.05) is 20.3 Å². The number of H-pyrrole nitrogens is 1. The number of ether oxygens (including phenoxy) is 1. The standard InChI is InChI=1S/C9H15N3OS2/c1-13-5-4-9(2-3-9)6-10-7-11-12-8(14)15-7/h2-6H2,1H3,(H,10,11)(H,12,14). The van der Waals surface area contributed by atoms with Gasteiger partial charge in [-0.2, -0.15) is 0 Å². The summed E-state index contributed by atoms with van der Waals surface area (Å²) in [5.74, 6) is 0. The van der Waals surface area contributed by atoms with Gasteiger partial charge in [-0.15, -0.1) is 5.10 Å². The molecule has 1 aliphatic rings. The number of rotatable bonds is 6. The van der Waals surface area contributed by atoms with E-state index in [4.69, 9.17) is 17.0 Å². The molecule has 0 radical (unpaired) electrons. The summed E-state index contributed by atoms with van der Waals surface area (Å²) >= 11 is 6.45. The van der Waals surface area contributed by atoms with Gasteiger partial charge >= 0.3 is 0 Å². The average molecular weight is 245 g/mol. The molecule has 1 fully saturated rings. The van der Waals surface area contributed by atoms with Gasteiger partial charge in [0.05, 0.1) is 0 Å². The van der Waals surface area contributed by atoms with Crippen molar-refractivity contribution in [1.82, 2.24) is 10.2 Å². The van der Waals surface area contributed by atoms with Crippen LogP contribution < -0.4 is 5.32 Å². The molecule has 1 heterocycles. The van der Waals surface area contributed by atoms with E-state index in [1.54, 1.807) is 7.11 Å². The number of hydrogen-bond donors (Lipinski definition) is 2. The Morgan fingerprint density at radius 1 is 1.67 bits per heavy atom. The van der Waals surface area contributed by atoms with Crippen molar-refractivity contribution in [2.45, 2.75) is 19.3 Å². The largest absolute Gasteiger partial charge is 0.385 e. The smallest absolute Gasteiger partial charge is 0.204 e. The molecule has 1 saturated carbocycles. The minimum Gasteiger partial charge on any atom is -0.385 e. The molecule has 0 amide bonds. The molecule has 2 N–H and O–H groups in total. The van der Waals surface area contributed by atoms with E-state index in [0.29, 0.717) is 5.41 Å². The van der Waals surface area contributed by atoms with E-state index in [2.05, 4.69) is 15.5 Å². The van der Waals surface area contributed by atoms with Crippen LogP contribution in [0.5, 0.6) is 0 Å². The highest BCUT2D eigenvalue weighted by Gasteiger charge is 2.41. The van der Waals surface area contributed by atoms with Gasteiger partial charge in [-0.25, -0.2) is 0 Å². The summed E-state index contributed by atoms with van der Waals surface area (Å²) in [6.45, 7) is 1.82. The average Bonchev–Trinajstić information content (AvgIpc) is 2.89. The first kappa shape index (κ1) is 11.0. The highest BCUT2D eigenvalue weighted by atomic mass is 32.1. The predicted octanol–water partition coefficient (Wildman–Crippen LogP) is 2.43. The molecule has 1 aromatic rings. The lowest BCUT2D eigenvalue weighted by Crippen LogP contribution is -2.17. The van der Waals surface area contributed by atoms with Gasteiger partial charge in [0.1, 0.15) is 0 Å². The van der Waals surface area contributed by atoms with E-state index in [0.717, 1.165) is 28.7 Å². The molecule has 0 spiro atoms. The summed E-state index contributed by atoms with van der Waals surface area (Å²) in [7, 11) is 1.75. The fraction of sp³-hybridized carbons (Fsp3) is 0.778. The topological polar surface area (TPSA) is 49.9 Å². The molecule has 0 atom stereocenters. The van der Waals surface area contributed by atoms with Crippen molar-refractivity contribution in [2.24, 2.45) is 5.41 Å². The lowest BCUT2D eigenvalue weighted by molar-refractivity contribution is 0.175. The van der Waals surface area contributed by atoms with Crippen LogP contribution in [0.1, 0.15) is 19.3 Å². The van der Waals surface area contributed by atoms with E-state index in [-0.39, 0.29) is 0 Å². The first-order chi connectivity index (χ1) is 7.24. The maximum absolute atomic E-state index is 5.11. The maximum atomic E-state index is 5.11. The number of hydrogen-bond acceptors (Lipinski definition) is 5. The number of methoxy groups -OCH3 is 1. The minimum atomic E-state index is 0.448. The van der Waals surface area contributed by atoms with Gasteiger partial charge < -0.3 is 10.1 Å². The zero-order chi connectivity index (χ0) is 10.7. The van der Waals surface area contributed by atoms with Crippen molar-refractivity contribution in [1.29, 1.82) is 0 Å². The Balaban J connectivity index is 1.80. The van der Waals surface area contributed by atoms with Crippen LogP contribution in [0.3, 0.4) is 0 Å². The summed E-state index contributed by atoms with van der Waals surface area (Å²) < 4.78 is 5.83. The van der Waals surface area contributed by atoms with Crippen LogP contribution in [0.4, 0.5) is 5.13 Å². The Labute approximate surface area is 98.1 Å². The van der Waals surface area contributed by atoms with Crippen LogP contribution in [0.15, 0.2) is 0 Å². The molecule has 0 saturated heterocycles. The van der Waals surface area contributed by atoms with Gasteiger partial charge in [0.15, 0.2) is 3.95 Å². The molecular formula is C9H15N3OS2. The summed E-state index contributed by atoms with van der Waals surface area (Å²) in [6.07, 6.45) is 3.71. The molecule has 2 rings (SSSR count). The SMILES string of the molecule is COCCC1(CNc2n[nH]c(=S)s2)CC1. The molecule has 0 unspecified atom stereocenters. The van der Waals surface area contributed by atoms with Crippen LogP contribution in [0.25, 0.3) is 0 Å². The summed E-state index contributed by atoms with van der Waals surface area (Å²) in [5.41, 5.74) is 0.448. The first-order valence-corrected chi connectivity index (χ1v) is 6.25. The molecule has 6 heteroatoms. The molecule has 4 nitrogen and oxygen atoms in total. The molecule has 1 aromatic heterocycles. The van der Waals surface area contributed by atoms with Crippen molar-refractivity contribution in [3.63, 3.8) is 0 Å². The Kier molecular flexibility index (Phi) is 3.38. The van der Waals surface area contributed by atoms with Gasteiger partial charge in [-0.05, 0) is 36.9 Å². The third-order valence-electron chi connectivity index (χ3n) is 2.85. The molecule has 84 valence electrons. The number of anilines is 1. The van der Waals surface area contributed by atoms with Gasteiger partial charge in [-0.3, -0.25) is 5.10 Å². The first-order valence-electron chi connectivity index (χ1n) is 5.02. The number of nitrogens with zero attached hydrogens (tertiary/aromatic N) is 1. The Morgan fingerprint density at radius 2 is 2.47 bits per heavy atom. The Morgan fingerprint density at radius 3 is 3.00 bits per heavy atom. The zero-order valence-electron chi connectivity index (χ0n) is 8.71. The molecule has 1 aliphatic carbocycles. The van der Waals surface area contributed by atoms with Crippen molar-refractivity contribution >= 4 is 28.7 Å². The van der Waals surface area contributed by atoms with Gasteiger partial charge in [0.2, 0.25) is 5.13 Å². The second kappa shape index (κ2) is 4.59. The van der Waals surface area contributed by atoms with Crippen LogP contribution in [0.2, 0.25) is 0 Å². The molecule has 15 heavy (non-hydrogen) atoms. The van der Waals surface area contributed by atoms with Crippen LogP contribution in [0, 0.1) is 9.37 Å². The second-order valence-electron chi connectivity index (χ2n) is 4.01. The fourth-order valence-electron chi connectivity index (χ4n) is 1.58. The third-order valence-corrected chi connectivity index (χ3v) is 3.89. The lowest BCUT2D eigenvalue weighted by Gasteiger charge is -2.14. The van der Waals surface area contributed by atoms with Gasteiger partial charge in [0.25, 0.3) is 0 Å². The minimum absolute atomic E-state index is 0.448. The van der Waals surface area contributed by atoms with E-state index in [9.17, 15) is 0 Å². The van der Waals surface area contributed by atoms with Gasteiger partial charge in [-0.1, -0.05) is 11.3 Å². The van der Waals surface area contributed by atoms with E-state index >= 15 is 0 Å². The normalized spacial score (nSPS) is 17.7. The monoisotopic (exact) mass is 245 g/mol. The van der Waals surface area contributed by atoms with Crippen LogP contribution >= 0.6 is 23.6 Å². The highest BCUT2D eigenvalue weighted by Crippen LogP contribution is 2.48. The Bertz CT molecular complexity index is 369.